The molecule has 0 bridgehead atoms. The second-order valence-electron chi connectivity index (χ2n) is 8.31. The second kappa shape index (κ2) is 8.84. The first kappa shape index (κ1) is 21.4. The predicted octanol–water partition coefficient (Wildman–Crippen LogP) is 2.28. The van der Waals surface area contributed by atoms with Crippen LogP contribution in [-0.2, 0) is 27.1 Å². The van der Waals surface area contributed by atoms with Gasteiger partial charge in [-0.15, -0.1) is 0 Å². The van der Waals surface area contributed by atoms with Gasteiger partial charge in [0, 0.05) is 32.7 Å². The van der Waals surface area contributed by atoms with Crippen LogP contribution in [0.3, 0.4) is 0 Å². The molecule has 10 heteroatoms. The third kappa shape index (κ3) is 4.02. The van der Waals surface area contributed by atoms with E-state index in [9.17, 15) is 13.7 Å². The molecule has 170 valence electrons. The highest BCUT2D eigenvalue weighted by atomic mass is 32.2. The summed E-state index contributed by atoms with van der Waals surface area (Å²) in [5.74, 6) is 0.787. The van der Waals surface area contributed by atoms with Crippen molar-refractivity contribution in [1.29, 1.82) is 0 Å². The van der Waals surface area contributed by atoms with Crippen molar-refractivity contribution in [2.75, 3.05) is 48.9 Å². The first-order valence-electron chi connectivity index (χ1n) is 10.8. The molecule has 3 aliphatic heterocycles. The fourth-order valence-corrected chi connectivity index (χ4v) is 5.73. The Hall–Kier alpha value is -2.43. The van der Waals surface area contributed by atoms with E-state index in [2.05, 4.69) is 4.90 Å². The number of nitrogens with zero attached hydrogens (tertiary/aromatic N) is 4. The number of hydrogen-bond donors (Lipinski definition) is 1. The van der Waals surface area contributed by atoms with Gasteiger partial charge in [0.05, 0.1) is 18.7 Å². The molecule has 1 aromatic carbocycles. The molecule has 1 atom stereocenters. The Balaban J connectivity index is 1.31. The van der Waals surface area contributed by atoms with Crippen LogP contribution >= 0.6 is 0 Å². The quantitative estimate of drug-likeness (QED) is 0.536. The average Bonchev–Trinajstić information content (AvgIpc) is 3.16. The predicted molar refractivity (Wildman–Crippen MR) is 119 cm³/mol. The number of fused-ring (bicyclic) bond motifs is 1. The van der Waals surface area contributed by atoms with E-state index in [1.165, 1.54) is 18.2 Å². The van der Waals surface area contributed by atoms with Gasteiger partial charge in [-0.2, -0.15) is 9.54 Å². The molecule has 0 aliphatic carbocycles. The summed E-state index contributed by atoms with van der Waals surface area (Å²) in [5, 5.41) is 0. The molecule has 0 saturated carbocycles. The van der Waals surface area contributed by atoms with E-state index < -0.39 is 23.0 Å². The van der Waals surface area contributed by atoms with E-state index in [0.717, 1.165) is 48.9 Å². The van der Waals surface area contributed by atoms with E-state index in [0.29, 0.717) is 30.8 Å². The van der Waals surface area contributed by atoms with Gasteiger partial charge in [0.25, 0.3) is 4.90 Å². The lowest BCUT2D eigenvalue weighted by molar-refractivity contribution is 0.0226. The van der Waals surface area contributed by atoms with Gasteiger partial charge in [0.1, 0.15) is 17.6 Å². The Kier molecular flexibility index (Phi) is 5.92. The van der Waals surface area contributed by atoms with Gasteiger partial charge in [0.2, 0.25) is 5.95 Å². The van der Waals surface area contributed by atoms with E-state index >= 15 is 0 Å². The molecule has 32 heavy (non-hydrogen) atoms. The van der Waals surface area contributed by atoms with Crippen molar-refractivity contribution in [2.45, 2.75) is 36.3 Å². The van der Waals surface area contributed by atoms with Crippen LogP contribution in [0.2, 0.25) is 0 Å². The Morgan fingerprint density at radius 3 is 2.78 bits per heavy atom. The lowest BCUT2D eigenvalue weighted by Crippen LogP contribution is -2.54. The molecule has 0 radical (unpaired) electrons. The molecule has 2 saturated heterocycles. The van der Waals surface area contributed by atoms with Gasteiger partial charge in [0.15, 0.2) is 22.7 Å². The first-order valence-corrected chi connectivity index (χ1v) is 12.2. The monoisotopic (exact) mass is 461 g/mol. The minimum atomic E-state index is -0.849. The molecule has 2 fully saturated rings. The zero-order valence-corrected chi connectivity index (χ0v) is 18.7. The zero-order valence-electron chi connectivity index (χ0n) is 17.9. The van der Waals surface area contributed by atoms with Crippen molar-refractivity contribution >= 4 is 28.9 Å². The normalized spacial score (nSPS) is 21.2. The summed E-state index contributed by atoms with van der Waals surface area (Å²) in [6, 6.07) is 6.11. The third-order valence-corrected chi connectivity index (χ3v) is 7.73. The van der Waals surface area contributed by atoms with Crippen LogP contribution in [0.1, 0.15) is 28.9 Å². The zero-order chi connectivity index (χ0) is 22.2. The number of carbonyl (C=O) groups is 1. The van der Waals surface area contributed by atoms with Crippen molar-refractivity contribution in [2.24, 2.45) is 0 Å². The standard InChI is InChI=1S/C22H26FN4O4S/c1-26(14-6-9-30-10-7-14)20-19-18(8-11-32(19)29)24-22(25-20)27-12-15(13-27)31-21(28)16-4-2-3-5-17(16)23/h2-5,14-15,29H,6-13H2,1H3/q+1. The number of rotatable bonds is 5. The van der Waals surface area contributed by atoms with Crippen LogP contribution in [0.25, 0.3) is 0 Å². The second-order valence-corrected chi connectivity index (χ2v) is 9.85. The van der Waals surface area contributed by atoms with Crippen LogP contribution < -0.4 is 9.80 Å². The molecule has 1 aromatic heterocycles. The van der Waals surface area contributed by atoms with E-state index in [-0.39, 0.29) is 11.7 Å². The van der Waals surface area contributed by atoms with Crippen LogP contribution in [0.5, 0.6) is 0 Å². The third-order valence-electron chi connectivity index (χ3n) is 6.24. The molecule has 1 unspecified atom stereocenters. The Bertz CT molecular complexity index is 1010. The number of aromatic nitrogens is 2. The molecule has 0 spiro atoms. The summed E-state index contributed by atoms with van der Waals surface area (Å²) in [4.78, 5) is 26.8. The highest BCUT2D eigenvalue weighted by molar-refractivity contribution is 7.92. The minimum absolute atomic E-state index is 0.0601. The van der Waals surface area contributed by atoms with Gasteiger partial charge < -0.3 is 19.3 Å². The maximum atomic E-state index is 13.8. The van der Waals surface area contributed by atoms with Crippen LogP contribution in [0.15, 0.2) is 29.2 Å². The lowest BCUT2D eigenvalue weighted by Gasteiger charge is -2.39. The molecule has 2 aromatic rings. The molecule has 1 N–H and O–H groups in total. The smallest absolute Gasteiger partial charge is 0.341 e. The van der Waals surface area contributed by atoms with Gasteiger partial charge in [-0.05, 0) is 25.0 Å². The van der Waals surface area contributed by atoms with Crippen molar-refractivity contribution in [3.63, 3.8) is 0 Å². The van der Waals surface area contributed by atoms with Crippen LogP contribution in [-0.4, -0.2) is 71.7 Å². The summed E-state index contributed by atoms with van der Waals surface area (Å²) < 4.78 is 35.3. The summed E-state index contributed by atoms with van der Waals surface area (Å²) in [7, 11) is 2.02. The number of anilines is 2. The minimum Gasteiger partial charge on any atom is -0.455 e. The number of halogens is 1. The van der Waals surface area contributed by atoms with Gasteiger partial charge in [-0.25, -0.2) is 14.2 Å². The summed E-state index contributed by atoms with van der Waals surface area (Å²) in [6.07, 6.45) is 2.21. The lowest BCUT2D eigenvalue weighted by atomic mass is 10.1. The maximum Gasteiger partial charge on any atom is 0.341 e. The highest BCUT2D eigenvalue weighted by Gasteiger charge is 2.42. The van der Waals surface area contributed by atoms with Gasteiger partial charge in [-0.3, -0.25) is 0 Å². The molecule has 5 rings (SSSR count). The highest BCUT2D eigenvalue weighted by Crippen LogP contribution is 2.36. The number of esters is 1. The fourth-order valence-electron chi connectivity index (χ4n) is 4.32. The SMILES string of the molecule is CN(c1nc(N2CC(OC(=O)c3ccccc3F)C2)nc2c1[S+](O)CC2)C1CCOCC1. The van der Waals surface area contributed by atoms with Gasteiger partial charge >= 0.3 is 5.97 Å². The summed E-state index contributed by atoms with van der Waals surface area (Å²) in [6.45, 7) is 2.34. The molecule has 8 nitrogen and oxygen atoms in total. The Labute approximate surface area is 188 Å². The largest absolute Gasteiger partial charge is 0.455 e. The average molecular weight is 462 g/mol. The van der Waals surface area contributed by atoms with Crippen molar-refractivity contribution < 1.29 is 23.2 Å². The number of ether oxygens (including phenoxy) is 2. The number of benzene rings is 1. The first-order chi connectivity index (χ1) is 15.5. The summed E-state index contributed by atoms with van der Waals surface area (Å²) >= 11 is -0.849. The maximum absolute atomic E-state index is 13.8. The van der Waals surface area contributed by atoms with E-state index in [1.54, 1.807) is 6.07 Å². The van der Waals surface area contributed by atoms with Crippen molar-refractivity contribution in [3.05, 3.63) is 41.3 Å². The number of hydrogen-bond acceptors (Lipinski definition) is 8. The summed E-state index contributed by atoms with van der Waals surface area (Å²) in [5.41, 5.74) is 0.830. The fraction of sp³-hybridized carbons (Fsp3) is 0.500. The van der Waals surface area contributed by atoms with Crippen molar-refractivity contribution in [1.82, 2.24) is 9.97 Å². The topological polar surface area (TPSA) is 88.0 Å². The van der Waals surface area contributed by atoms with Gasteiger partial charge in [-0.1, -0.05) is 12.1 Å². The molecule has 4 heterocycles. The molecule has 3 aliphatic rings. The van der Waals surface area contributed by atoms with Crippen LogP contribution in [0, 0.1) is 5.82 Å². The van der Waals surface area contributed by atoms with Crippen LogP contribution in [0.4, 0.5) is 16.2 Å². The number of aryl methyl sites for hydroxylation is 1. The van der Waals surface area contributed by atoms with Crippen molar-refractivity contribution in [3.8, 4) is 0 Å². The number of carbonyl (C=O) groups excluding carboxylic acids is 1. The molecular weight excluding hydrogens is 435 g/mol. The Morgan fingerprint density at radius 2 is 2.03 bits per heavy atom. The Morgan fingerprint density at radius 1 is 1.28 bits per heavy atom. The van der Waals surface area contributed by atoms with E-state index in [1.807, 2.05) is 11.9 Å². The molecule has 0 amide bonds. The van der Waals surface area contributed by atoms with E-state index in [4.69, 9.17) is 19.4 Å². The molecular formula is C22H26FN4O4S+.